The average molecular weight is 312 g/mol. The van der Waals surface area contributed by atoms with E-state index in [4.69, 9.17) is 17.3 Å². The third kappa shape index (κ3) is 6.36. The standard InChI is InChI=1S/C16H26ClN3O/c1-11(2)10-20(12(3)4)8-7-16(21)19-15-9-13(17)5-6-14(15)18/h5-6,9,11-12H,7-8,10,18H2,1-4H3,(H,19,21). The number of rotatable bonds is 7. The van der Waals surface area contributed by atoms with Gasteiger partial charge in [0, 0.05) is 30.6 Å². The van der Waals surface area contributed by atoms with Crippen LogP contribution in [0.15, 0.2) is 18.2 Å². The summed E-state index contributed by atoms with van der Waals surface area (Å²) in [6, 6.07) is 5.49. The predicted octanol–water partition coefficient (Wildman–Crippen LogP) is 3.62. The average Bonchev–Trinajstić information content (AvgIpc) is 2.38. The van der Waals surface area contributed by atoms with E-state index in [2.05, 4.69) is 37.9 Å². The van der Waals surface area contributed by atoms with Crippen LogP contribution in [-0.4, -0.2) is 29.9 Å². The molecule has 0 spiro atoms. The van der Waals surface area contributed by atoms with Gasteiger partial charge in [0.25, 0.3) is 0 Å². The Hall–Kier alpha value is -1.26. The summed E-state index contributed by atoms with van der Waals surface area (Å²) < 4.78 is 0. The number of hydrogen-bond donors (Lipinski definition) is 2. The van der Waals surface area contributed by atoms with Crippen LogP contribution in [0.3, 0.4) is 0 Å². The van der Waals surface area contributed by atoms with Crippen LogP contribution in [0, 0.1) is 5.92 Å². The lowest BCUT2D eigenvalue weighted by molar-refractivity contribution is -0.116. The fraction of sp³-hybridized carbons (Fsp3) is 0.562. The summed E-state index contributed by atoms with van der Waals surface area (Å²) in [5.74, 6) is 0.539. The highest BCUT2D eigenvalue weighted by Gasteiger charge is 2.13. The minimum Gasteiger partial charge on any atom is -0.397 e. The Labute approximate surface area is 132 Å². The Morgan fingerprint density at radius 2 is 2.00 bits per heavy atom. The fourth-order valence-electron chi connectivity index (χ4n) is 2.12. The number of carbonyl (C=O) groups excluding carboxylic acids is 1. The number of halogens is 1. The molecule has 1 aromatic carbocycles. The van der Waals surface area contributed by atoms with Crippen molar-refractivity contribution in [3.8, 4) is 0 Å². The first kappa shape index (κ1) is 17.8. The van der Waals surface area contributed by atoms with Crippen molar-refractivity contribution < 1.29 is 4.79 Å². The monoisotopic (exact) mass is 311 g/mol. The Bertz CT molecular complexity index is 475. The van der Waals surface area contributed by atoms with E-state index in [9.17, 15) is 4.79 Å². The number of hydrogen-bond acceptors (Lipinski definition) is 3. The van der Waals surface area contributed by atoms with Crippen LogP contribution in [0.4, 0.5) is 11.4 Å². The van der Waals surface area contributed by atoms with Crippen molar-refractivity contribution >= 4 is 28.9 Å². The normalized spacial score (nSPS) is 11.4. The molecule has 0 aliphatic rings. The molecule has 0 unspecified atom stereocenters. The maximum atomic E-state index is 12.1. The van der Waals surface area contributed by atoms with Crippen LogP contribution in [-0.2, 0) is 4.79 Å². The van der Waals surface area contributed by atoms with Gasteiger partial charge in [-0.25, -0.2) is 0 Å². The van der Waals surface area contributed by atoms with Crippen molar-refractivity contribution in [1.29, 1.82) is 0 Å². The molecule has 1 rings (SSSR count). The molecule has 4 nitrogen and oxygen atoms in total. The van der Waals surface area contributed by atoms with Crippen LogP contribution in [0.2, 0.25) is 5.02 Å². The van der Waals surface area contributed by atoms with Gasteiger partial charge >= 0.3 is 0 Å². The second-order valence-corrected chi connectivity index (χ2v) is 6.45. The first-order chi connectivity index (χ1) is 9.79. The Balaban J connectivity index is 2.55. The maximum Gasteiger partial charge on any atom is 0.225 e. The lowest BCUT2D eigenvalue weighted by atomic mass is 10.1. The number of nitrogens with one attached hydrogen (secondary N) is 1. The molecule has 0 aliphatic carbocycles. The van der Waals surface area contributed by atoms with Crippen LogP contribution < -0.4 is 11.1 Å². The van der Waals surface area contributed by atoms with E-state index in [0.717, 1.165) is 13.1 Å². The summed E-state index contributed by atoms with van der Waals surface area (Å²) in [6.07, 6.45) is 0.441. The van der Waals surface area contributed by atoms with E-state index < -0.39 is 0 Å². The van der Waals surface area contributed by atoms with Crippen molar-refractivity contribution in [3.05, 3.63) is 23.2 Å². The highest BCUT2D eigenvalue weighted by molar-refractivity contribution is 6.31. The van der Waals surface area contributed by atoms with Gasteiger partial charge in [-0.2, -0.15) is 0 Å². The summed E-state index contributed by atoms with van der Waals surface area (Å²) in [4.78, 5) is 14.4. The van der Waals surface area contributed by atoms with Crippen LogP contribution in [0.5, 0.6) is 0 Å². The second-order valence-electron chi connectivity index (χ2n) is 6.01. The highest BCUT2D eigenvalue weighted by atomic mass is 35.5. The van der Waals surface area contributed by atoms with E-state index >= 15 is 0 Å². The minimum atomic E-state index is -0.0432. The molecule has 1 aromatic rings. The number of carbonyl (C=O) groups is 1. The van der Waals surface area contributed by atoms with Gasteiger partial charge < -0.3 is 16.0 Å². The predicted molar refractivity (Wildman–Crippen MR) is 90.7 cm³/mol. The summed E-state index contributed by atoms with van der Waals surface area (Å²) in [5.41, 5.74) is 6.92. The van der Waals surface area contributed by atoms with Gasteiger partial charge in [0.05, 0.1) is 11.4 Å². The van der Waals surface area contributed by atoms with Gasteiger partial charge in [0.1, 0.15) is 0 Å². The van der Waals surface area contributed by atoms with Crippen LogP contribution in [0.25, 0.3) is 0 Å². The molecule has 118 valence electrons. The molecule has 0 aliphatic heterocycles. The summed E-state index contributed by atoms with van der Waals surface area (Å²) in [7, 11) is 0. The molecule has 1 amide bonds. The molecule has 21 heavy (non-hydrogen) atoms. The zero-order chi connectivity index (χ0) is 16.0. The molecule has 0 atom stereocenters. The number of nitrogen functional groups attached to an aromatic ring is 1. The van der Waals surface area contributed by atoms with Crippen molar-refractivity contribution in [1.82, 2.24) is 4.90 Å². The number of nitrogens with two attached hydrogens (primary N) is 1. The Morgan fingerprint density at radius 1 is 1.33 bits per heavy atom. The van der Waals surface area contributed by atoms with Gasteiger partial charge in [-0.3, -0.25) is 4.79 Å². The third-order valence-electron chi connectivity index (χ3n) is 3.25. The molecule has 0 radical (unpaired) electrons. The minimum absolute atomic E-state index is 0.0432. The van der Waals surface area contributed by atoms with E-state index in [-0.39, 0.29) is 5.91 Å². The number of benzene rings is 1. The van der Waals surface area contributed by atoms with E-state index in [1.165, 1.54) is 0 Å². The van der Waals surface area contributed by atoms with Gasteiger partial charge in [-0.15, -0.1) is 0 Å². The van der Waals surface area contributed by atoms with Crippen molar-refractivity contribution in [2.45, 2.75) is 40.2 Å². The molecular weight excluding hydrogens is 286 g/mol. The molecule has 0 saturated heterocycles. The van der Waals surface area contributed by atoms with Gasteiger partial charge in [-0.05, 0) is 38.0 Å². The lowest BCUT2D eigenvalue weighted by Gasteiger charge is -2.27. The molecule has 5 heteroatoms. The zero-order valence-corrected chi connectivity index (χ0v) is 14.1. The summed E-state index contributed by atoms with van der Waals surface area (Å²) >= 11 is 5.91. The first-order valence-electron chi connectivity index (χ1n) is 7.38. The number of amides is 1. The lowest BCUT2D eigenvalue weighted by Crippen LogP contribution is -2.36. The third-order valence-corrected chi connectivity index (χ3v) is 3.48. The molecule has 3 N–H and O–H groups in total. The van der Waals surface area contributed by atoms with Gasteiger partial charge in [-0.1, -0.05) is 25.4 Å². The highest BCUT2D eigenvalue weighted by Crippen LogP contribution is 2.23. The van der Waals surface area contributed by atoms with E-state index in [1.54, 1.807) is 18.2 Å². The smallest absolute Gasteiger partial charge is 0.225 e. The number of anilines is 2. The summed E-state index contributed by atoms with van der Waals surface area (Å²) in [6.45, 7) is 10.4. The summed E-state index contributed by atoms with van der Waals surface area (Å²) in [5, 5.41) is 3.38. The molecule has 0 fully saturated rings. The van der Waals surface area contributed by atoms with Crippen LogP contribution >= 0.6 is 11.6 Å². The topological polar surface area (TPSA) is 58.4 Å². The van der Waals surface area contributed by atoms with Gasteiger partial charge in [0.15, 0.2) is 0 Å². The molecule has 0 aromatic heterocycles. The second kappa shape index (κ2) is 8.25. The largest absolute Gasteiger partial charge is 0.397 e. The van der Waals surface area contributed by atoms with Crippen molar-refractivity contribution in [2.75, 3.05) is 24.1 Å². The van der Waals surface area contributed by atoms with E-state index in [0.29, 0.717) is 34.8 Å². The molecule has 0 bridgehead atoms. The zero-order valence-electron chi connectivity index (χ0n) is 13.3. The molecule has 0 heterocycles. The fourth-order valence-corrected chi connectivity index (χ4v) is 2.30. The maximum absolute atomic E-state index is 12.1. The van der Waals surface area contributed by atoms with Crippen LogP contribution in [0.1, 0.15) is 34.1 Å². The molecular formula is C16H26ClN3O. The van der Waals surface area contributed by atoms with Crippen molar-refractivity contribution in [2.24, 2.45) is 5.92 Å². The molecule has 0 saturated carbocycles. The van der Waals surface area contributed by atoms with E-state index in [1.807, 2.05) is 0 Å². The van der Waals surface area contributed by atoms with Crippen molar-refractivity contribution in [3.63, 3.8) is 0 Å². The van der Waals surface area contributed by atoms with Gasteiger partial charge in [0.2, 0.25) is 5.91 Å². The SMILES string of the molecule is CC(C)CN(CCC(=O)Nc1cc(Cl)ccc1N)C(C)C. The number of nitrogens with zero attached hydrogens (tertiary/aromatic N) is 1. The first-order valence-corrected chi connectivity index (χ1v) is 7.76. The quantitative estimate of drug-likeness (QED) is 0.756. The Kier molecular flexibility index (Phi) is 6.99. The Morgan fingerprint density at radius 3 is 2.57 bits per heavy atom.